The van der Waals surface area contributed by atoms with Crippen LogP contribution in [0.3, 0.4) is 0 Å². The molecule has 0 aliphatic rings. The van der Waals surface area contributed by atoms with Crippen LogP contribution in [-0.2, 0) is 0 Å². The Hall–Kier alpha value is -2.14. The summed E-state index contributed by atoms with van der Waals surface area (Å²) in [6.07, 6.45) is 0.685. The lowest BCUT2D eigenvalue weighted by atomic mass is 10.0. The molecular weight excluding hydrogens is 260 g/mol. The van der Waals surface area contributed by atoms with Gasteiger partial charge >= 0.3 is 0 Å². The Morgan fingerprint density at radius 1 is 0.950 bits per heavy atom. The van der Waals surface area contributed by atoms with Crippen molar-refractivity contribution in [2.45, 2.75) is 13.0 Å². The molecule has 0 aliphatic heterocycles. The lowest BCUT2D eigenvalue weighted by Crippen LogP contribution is -2.05. The van der Waals surface area contributed by atoms with Gasteiger partial charge < -0.3 is 23.7 Å². The number of aryl methyl sites for hydroxylation is 1. The van der Waals surface area contributed by atoms with Crippen LogP contribution in [-0.4, -0.2) is 26.4 Å². The summed E-state index contributed by atoms with van der Waals surface area (Å²) in [4.78, 5) is 0. The zero-order valence-electron chi connectivity index (χ0n) is 12.0. The quantitative estimate of drug-likeness (QED) is 0.911. The summed E-state index contributed by atoms with van der Waals surface area (Å²) in [7, 11) is 4.60. The first-order chi connectivity index (χ1) is 9.63. The van der Waals surface area contributed by atoms with Gasteiger partial charge in [0.25, 0.3) is 0 Å². The minimum atomic E-state index is -0.858. The molecule has 0 spiro atoms. The van der Waals surface area contributed by atoms with Gasteiger partial charge in [0.15, 0.2) is 11.5 Å². The molecule has 2 aromatic rings. The summed E-state index contributed by atoms with van der Waals surface area (Å²) >= 11 is 0. The zero-order chi connectivity index (χ0) is 14.7. The van der Waals surface area contributed by atoms with Crippen LogP contribution in [0, 0.1) is 6.92 Å². The van der Waals surface area contributed by atoms with E-state index in [4.69, 9.17) is 18.6 Å². The number of hydrogen-bond acceptors (Lipinski definition) is 5. The van der Waals surface area contributed by atoms with Crippen LogP contribution in [0.1, 0.15) is 23.0 Å². The van der Waals surface area contributed by atoms with Crippen molar-refractivity contribution in [1.82, 2.24) is 0 Å². The minimum Gasteiger partial charge on any atom is -0.493 e. The molecular formula is C15H18O5. The maximum atomic E-state index is 10.5. The van der Waals surface area contributed by atoms with E-state index in [1.54, 1.807) is 38.5 Å². The van der Waals surface area contributed by atoms with Crippen molar-refractivity contribution in [3.8, 4) is 17.2 Å². The van der Waals surface area contributed by atoms with Gasteiger partial charge in [-0.3, -0.25) is 0 Å². The lowest BCUT2D eigenvalue weighted by molar-refractivity contribution is 0.210. The number of aliphatic hydroxyl groups excluding tert-OH is 1. The molecule has 0 amide bonds. The highest BCUT2D eigenvalue weighted by Gasteiger charge is 2.23. The second-order valence-electron chi connectivity index (χ2n) is 4.26. The van der Waals surface area contributed by atoms with Crippen LogP contribution < -0.4 is 14.2 Å². The second kappa shape index (κ2) is 5.88. The van der Waals surface area contributed by atoms with Crippen LogP contribution in [0.15, 0.2) is 28.9 Å². The summed E-state index contributed by atoms with van der Waals surface area (Å²) in [5.74, 6) is 2.10. The summed E-state index contributed by atoms with van der Waals surface area (Å²) in [6.45, 7) is 1.80. The van der Waals surface area contributed by atoms with E-state index in [0.29, 0.717) is 34.1 Å². The van der Waals surface area contributed by atoms with Crippen LogP contribution in [0.25, 0.3) is 0 Å². The molecule has 2 rings (SSSR count). The first kappa shape index (κ1) is 14.3. The number of benzene rings is 1. The Morgan fingerprint density at radius 3 is 2.15 bits per heavy atom. The predicted octanol–water partition coefficient (Wildman–Crippen LogP) is 2.70. The number of ether oxygens (including phenoxy) is 3. The molecule has 0 aliphatic carbocycles. The zero-order valence-corrected chi connectivity index (χ0v) is 12.0. The van der Waals surface area contributed by atoms with Gasteiger partial charge in [0, 0.05) is 11.1 Å². The molecule has 5 heteroatoms. The van der Waals surface area contributed by atoms with Crippen molar-refractivity contribution < 1.29 is 23.7 Å². The van der Waals surface area contributed by atoms with Crippen molar-refractivity contribution in [3.05, 3.63) is 41.3 Å². The summed E-state index contributed by atoms with van der Waals surface area (Å²) in [5, 5.41) is 10.5. The van der Waals surface area contributed by atoms with Gasteiger partial charge in [0.2, 0.25) is 5.75 Å². The van der Waals surface area contributed by atoms with Gasteiger partial charge in [-0.25, -0.2) is 0 Å². The van der Waals surface area contributed by atoms with Crippen LogP contribution in [0.5, 0.6) is 17.2 Å². The molecule has 0 saturated carbocycles. The van der Waals surface area contributed by atoms with Crippen molar-refractivity contribution in [1.29, 1.82) is 0 Å². The third kappa shape index (κ3) is 2.32. The standard InChI is InChI=1S/C15H18O5/c1-9-10(7-8-20-9)13(16)11-5-6-12(17-2)15(19-4)14(11)18-3/h5-8,13,16H,1-4H3. The third-order valence-electron chi connectivity index (χ3n) is 3.22. The Bertz CT molecular complexity index is 588. The highest BCUT2D eigenvalue weighted by molar-refractivity contribution is 5.57. The second-order valence-corrected chi connectivity index (χ2v) is 4.26. The molecule has 0 bridgehead atoms. The Balaban J connectivity index is 2.54. The van der Waals surface area contributed by atoms with Gasteiger partial charge in [-0.15, -0.1) is 0 Å². The van der Waals surface area contributed by atoms with E-state index in [-0.39, 0.29) is 0 Å². The van der Waals surface area contributed by atoms with E-state index in [2.05, 4.69) is 0 Å². The number of hydrogen-bond donors (Lipinski definition) is 1. The number of rotatable bonds is 5. The fraction of sp³-hybridized carbons (Fsp3) is 0.333. The average molecular weight is 278 g/mol. The normalized spacial score (nSPS) is 12.1. The van der Waals surface area contributed by atoms with Crippen molar-refractivity contribution in [2.24, 2.45) is 0 Å². The molecule has 108 valence electrons. The van der Waals surface area contributed by atoms with E-state index in [0.717, 1.165) is 0 Å². The Morgan fingerprint density at radius 2 is 1.65 bits per heavy atom. The summed E-state index contributed by atoms with van der Waals surface area (Å²) in [5.41, 5.74) is 1.28. The summed E-state index contributed by atoms with van der Waals surface area (Å²) in [6, 6.07) is 5.21. The highest BCUT2D eigenvalue weighted by Crippen LogP contribution is 2.43. The molecule has 0 radical (unpaired) electrons. The van der Waals surface area contributed by atoms with Gasteiger partial charge in [-0.2, -0.15) is 0 Å². The predicted molar refractivity (Wildman–Crippen MR) is 73.6 cm³/mol. The number of furan rings is 1. The van der Waals surface area contributed by atoms with Gasteiger partial charge in [0.05, 0.1) is 27.6 Å². The molecule has 1 aromatic carbocycles. The van der Waals surface area contributed by atoms with E-state index in [1.165, 1.54) is 14.2 Å². The smallest absolute Gasteiger partial charge is 0.203 e. The van der Waals surface area contributed by atoms with Gasteiger partial charge in [0.1, 0.15) is 11.9 Å². The van der Waals surface area contributed by atoms with Gasteiger partial charge in [-0.1, -0.05) is 0 Å². The Labute approximate surface area is 117 Å². The molecule has 1 aromatic heterocycles. The van der Waals surface area contributed by atoms with E-state index < -0.39 is 6.10 Å². The number of methoxy groups -OCH3 is 3. The van der Waals surface area contributed by atoms with Crippen LogP contribution in [0.4, 0.5) is 0 Å². The monoisotopic (exact) mass is 278 g/mol. The summed E-state index contributed by atoms with van der Waals surface area (Å²) < 4.78 is 21.1. The van der Waals surface area contributed by atoms with E-state index in [9.17, 15) is 5.11 Å². The maximum absolute atomic E-state index is 10.5. The molecule has 1 atom stereocenters. The molecule has 0 fully saturated rings. The lowest BCUT2D eigenvalue weighted by Gasteiger charge is -2.18. The van der Waals surface area contributed by atoms with Crippen LogP contribution >= 0.6 is 0 Å². The van der Waals surface area contributed by atoms with Gasteiger partial charge in [-0.05, 0) is 25.1 Å². The molecule has 20 heavy (non-hydrogen) atoms. The van der Waals surface area contributed by atoms with E-state index in [1.807, 2.05) is 0 Å². The molecule has 1 N–H and O–H groups in total. The molecule has 0 saturated heterocycles. The van der Waals surface area contributed by atoms with E-state index >= 15 is 0 Å². The first-order valence-corrected chi connectivity index (χ1v) is 6.15. The maximum Gasteiger partial charge on any atom is 0.203 e. The third-order valence-corrected chi connectivity index (χ3v) is 3.22. The minimum absolute atomic E-state index is 0.444. The molecule has 1 heterocycles. The molecule has 1 unspecified atom stereocenters. The largest absolute Gasteiger partial charge is 0.493 e. The first-order valence-electron chi connectivity index (χ1n) is 6.15. The van der Waals surface area contributed by atoms with Crippen LogP contribution in [0.2, 0.25) is 0 Å². The number of aliphatic hydroxyl groups is 1. The topological polar surface area (TPSA) is 61.1 Å². The average Bonchev–Trinajstić information content (AvgIpc) is 2.90. The molecule has 5 nitrogen and oxygen atoms in total. The van der Waals surface area contributed by atoms with Crippen molar-refractivity contribution in [2.75, 3.05) is 21.3 Å². The van der Waals surface area contributed by atoms with Crippen molar-refractivity contribution in [3.63, 3.8) is 0 Å². The highest BCUT2D eigenvalue weighted by atomic mass is 16.5. The SMILES string of the molecule is COc1ccc(C(O)c2ccoc2C)c(OC)c1OC. The van der Waals surface area contributed by atoms with Crippen molar-refractivity contribution >= 4 is 0 Å². The Kier molecular flexibility index (Phi) is 4.20. The fourth-order valence-corrected chi connectivity index (χ4v) is 2.19. The fourth-order valence-electron chi connectivity index (χ4n) is 2.19.